The molecule has 0 saturated heterocycles. The highest BCUT2D eigenvalue weighted by molar-refractivity contribution is 9.11. The van der Waals surface area contributed by atoms with E-state index in [1.54, 1.807) is 26.0 Å². The lowest BCUT2D eigenvalue weighted by atomic mass is 10.2. The van der Waals surface area contributed by atoms with E-state index in [1.165, 1.54) is 10.4 Å². The summed E-state index contributed by atoms with van der Waals surface area (Å²) in [6, 6.07) is 4.15. The number of rotatable bonds is 6. The number of carboxylic acids is 1. The van der Waals surface area contributed by atoms with Gasteiger partial charge < -0.3 is 5.11 Å². The van der Waals surface area contributed by atoms with Gasteiger partial charge in [-0.15, -0.1) is 0 Å². The number of carbonyl (C=O) groups is 1. The zero-order valence-corrected chi connectivity index (χ0v) is 15.0. The van der Waals surface area contributed by atoms with E-state index in [4.69, 9.17) is 5.11 Å². The lowest BCUT2D eigenvalue weighted by molar-refractivity contribution is -0.137. The van der Waals surface area contributed by atoms with Crippen molar-refractivity contribution >= 4 is 47.9 Å². The normalized spacial score (nSPS) is 13.4. The lowest BCUT2D eigenvalue weighted by Gasteiger charge is -2.26. The number of nitrogens with zero attached hydrogens (tertiary/aromatic N) is 1. The Morgan fingerprint density at radius 1 is 1.40 bits per heavy atom. The van der Waals surface area contributed by atoms with Gasteiger partial charge in [0.15, 0.2) is 0 Å². The molecule has 0 saturated carbocycles. The molecule has 1 rings (SSSR count). The van der Waals surface area contributed by atoms with Crippen molar-refractivity contribution in [2.24, 2.45) is 0 Å². The van der Waals surface area contributed by atoms with Crippen molar-refractivity contribution in [3.8, 4) is 0 Å². The summed E-state index contributed by atoms with van der Waals surface area (Å²) >= 11 is 6.49. The summed E-state index contributed by atoms with van der Waals surface area (Å²) in [5.74, 6) is -1.03. The molecule has 0 bridgehead atoms. The number of hydrogen-bond acceptors (Lipinski definition) is 3. The first-order chi connectivity index (χ1) is 9.20. The lowest BCUT2D eigenvalue weighted by Crippen LogP contribution is -2.39. The third kappa shape index (κ3) is 4.03. The fourth-order valence-electron chi connectivity index (χ4n) is 1.88. The first-order valence-electron chi connectivity index (χ1n) is 5.88. The predicted molar refractivity (Wildman–Crippen MR) is 83.1 cm³/mol. The maximum atomic E-state index is 12.6. The average molecular weight is 429 g/mol. The highest BCUT2D eigenvalue weighted by Gasteiger charge is 2.30. The van der Waals surface area contributed by atoms with Crippen molar-refractivity contribution in [2.75, 3.05) is 6.54 Å². The van der Waals surface area contributed by atoms with Gasteiger partial charge in [-0.2, -0.15) is 4.31 Å². The highest BCUT2D eigenvalue weighted by Crippen LogP contribution is 2.29. The molecule has 0 amide bonds. The van der Waals surface area contributed by atoms with Crippen LogP contribution in [0.5, 0.6) is 0 Å². The van der Waals surface area contributed by atoms with E-state index in [-0.39, 0.29) is 17.9 Å². The van der Waals surface area contributed by atoms with Gasteiger partial charge in [-0.05, 0) is 41.1 Å². The third-order valence-electron chi connectivity index (χ3n) is 2.75. The SMILES string of the molecule is CCN(C(C)CC(=O)O)S(=O)(=O)c1ccc(Br)cc1Br. The minimum atomic E-state index is -3.74. The zero-order chi connectivity index (χ0) is 15.5. The summed E-state index contributed by atoms with van der Waals surface area (Å²) in [6.45, 7) is 3.48. The quantitative estimate of drug-likeness (QED) is 0.755. The van der Waals surface area contributed by atoms with E-state index in [1.807, 2.05) is 0 Å². The van der Waals surface area contributed by atoms with Crippen LogP contribution in [-0.4, -0.2) is 36.4 Å². The van der Waals surface area contributed by atoms with E-state index in [2.05, 4.69) is 31.9 Å². The van der Waals surface area contributed by atoms with Gasteiger partial charge in [0, 0.05) is 21.5 Å². The molecule has 8 heteroatoms. The summed E-state index contributed by atoms with van der Waals surface area (Å²) < 4.78 is 27.6. The van der Waals surface area contributed by atoms with E-state index < -0.39 is 22.0 Å². The second-order valence-electron chi connectivity index (χ2n) is 4.23. The zero-order valence-electron chi connectivity index (χ0n) is 11.0. The predicted octanol–water partition coefficient (Wildman–Crippen LogP) is 3.09. The molecule has 1 N–H and O–H groups in total. The molecule has 0 aromatic heterocycles. The minimum absolute atomic E-state index is 0.125. The van der Waals surface area contributed by atoms with Crippen LogP contribution in [0.2, 0.25) is 0 Å². The molecule has 1 aromatic rings. The van der Waals surface area contributed by atoms with Crippen LogP contribution < -0.4 is 0 Å². The molecule has 0 fully saturated rings. The first kappa shape index (κ1) is 17.6. The van der Waals surface area contributed by atoms with Crippen molar-refractivity contribution < 1.29 is 18.3 Å². The average Bonchev–Trinajstić information content (AvgIpc) is 2.27. The van der Waals surface area contributed by atoms with Gasteiger partial charge in [-0.25, -0.2) is 8.42 Å². The van der Waals surface area contributed by atoms with Crippen molar-refractivity contribution in [3.05, 3.63) is 27.1 Å². The van der Waals surface area contributed by atoms with E-state index >= 15 is 0 Å². The van der Waals surface area contributed by atoms with Gasteiger partial charge in [0.2, 0.25) is 10.0 Å². The monoisotopic (exact) mass is 427 g/mol. The number of carboxylic acid groups (broad SMARTS) is 1. The van der Waals surface area contributed by atoms with Gasteiger partial charge in [0.25, 0.3) is 0 Å². The van der Waals surface area contributed by atoms with Crippen LogP contribution in [0, 0.1) is 0 Å². The number of sulfonamides is 1. The molecule has 0 aliphatic heterocycles. The molecule has 0 aliphatic rings. The Balaban J connectivity index is 3.21. The molecule has 0 spiro atoms. The van der Waals surface area contributed by atoms with Crippen LogP contribution in [0.3, 0.4) is 0 Å². The topological polar surface area (TPSA) is 74.7 Å². The third-order valence-corrected chi connectivity index (χ3v) is 6.31. The molecule has 0 aliphatic carbocycles. The molecule has 1 aromatic carbocycles. The van der Waals surface area contributed by atoms with Gasteiger partial charge in [0.1, 0.15) is 0 Å². The second kappa shape index (κ2) is 7.02. The van der Waals surface area contributed by atoms with Crippen molar-refractivity contribution in [1.82, 2.24) is 4.31 Å². The Morgan fingerprint density at radius 2 is 2.00 bits per heavy atom. The van der Waals surface area contributed by atoms with Gasteiger partial charge >= 0.3 is 5.97 Å². The molecular weight excluding hydrogens is 414 g/mol. The van der Waals surface area contributed by atoms with E-state index in [9.17, 15) is 13.2 Å². The summed E-state index contributed by atoms with van der Waals surface area (Å²) in [7, 11) is -3.74. The number of benzene rings is 1. The van der Waals surface area contributed by atoms with E-state index in [0.717, 1.165) is 4.47 Å². The molecule has 5 nitrogen and oxygen atoms in total. The Labute approximate surface area is 135 Å². The highest BCUT2D eigenvalue weighted by atomic mass is 79.9. The summed E-state index contributed by atoms with van der Waals surface area (Å²) in [6.07, 6.45) is -0.235. The van der Waals surface area contributed by atoms with Gasteiger partial charge in [-0.3, -0.25) is 4.79 Å². The molecular formula is C12H15Br2NO4S. The Kier molecular flexibility index (Phi) is 6.18. The van der Waals surface area contributed by atoms with Gasteiger partial charge in [0.05, 0.1) is 11.3 Å². The fourth-order valence-corrected chi connectivity index (χ4v) is 5.23. The Morgan fingerprint density at radius 3 is 2.45 bits per heavy atom. The molecule has 20 heavy (non-hydrogen) atoms. The van der Waals surface area contributed by atoms with Crippen molar-refractivity contribution in [3.63, 3.8) is 0 Å². The maximum Gasteiger partial charge on any atom is 0.304 e. The summed E-state index contributed by atoms with van der Waals surface area (Å²) in [5.41, 5.74) is 0. The number of halogens is 2. The molecule has 0 heterocycles. The van der Waals surface area contributed by atoms with Crippen LogP contribution in [-0.2, 0) is 14.8 Å². The molecule has 1 atom stereocenters. The van der Waals surface area contributed by atoms with E-state index in [0.29, 0.717) is 4.47 Å². The summed E-state index contributed by atoms with van der Waals surface area (Å²) in [5, 5.41) is 8.82. The Bertz CT molecular complexity index is 603. The Hall–Kier alpha value is -0.440. The fraction of sp³-hybridized carbons (Fsp3) is 0.417. The number of aliphatic carboxylic acids is 1. The maximum absolute atomic E-state index is 12.6. The largest absolute Gasteiger partial charge is 0.481 e. The minimum Gasteiger partial charge on any atom is -0.481 e. The van der Waals surface area contributed by atoms with Crippen LogP contribution in [0.25, 0.3) is 0 Å². The smallest absolute Gasteiger partial charge is 0.304 e. The van der Waals surface area contributed by atoms with Crippen molar-refractivity contribution in [2.45, 2.75) is 31.2 Å². The first-order valence-corrected chi connectivity index (χ1v) is 8.91. The molecule has 112 valence electrons. The van der Waals surface area contributed by atoms with Crippen LogP contribution >= 0.6 is 31.9 Å². The van der Waals surface area contributed by atoms with Gasteiger partial charge in [-0.1, -0.05) is 22.9 Å². The van der Waals surface area contributed by atoms with Crippen LogP contribution in [0.4, 0.5) is 0 Å². The van der Waals surface area contributed by atoms with Crippen molar-refractivity contribution in [1.29, 1.82) is 0 Å². The number of hydrogen-bond donors (Lipinski definition) is 1. The van der Waals surface area contributed by atoms with Crippen LogP contribution in [0.15, 0.2) is 32.0 Å². The standard InChI is InChI=1S/C12H15Br2NO4S/c1-3-15(8(2)6-12(16)17)20(18,19)11-5-4-9(13)7-10(11)14/h4-5,7-8H,3,6H2,1-2H3,(H,16,17). The molecule has 0 radical (unpaired) electrons. The second-order valence-corrected chi connectivity index (χ2v) is 7.86. The van der Waals surface area contributed by atoms with Crippen LogP contribution in [0.1, 0.15) is 20.3 Å². The molecule has 1 unspecified atom stereocenters. The summed E-state index contributed by atoms with van der Waals surface area (Å²) in [4.78, 5) is 10.9.